The Bertz CT molecular complexity index is 1300. The number of carbonyl (C=O) groups excluding carboxylic acids is 1. The number of nitro groups is 1. The second-order valence-electron chi connectivity index (χ2n) is 6.94. The Balaban J connectivity index is 1.73. The lowest BCUT2D eigenvalue weighted by atomic mass is 10.1. The maximum atomic E-state index is 12.5. The van der Waals surface area contributed by atoms with Crippen molar-refractivity contribution in [2.75, 3.05) is 5.32 Å². The fourth-order valence-corrected chi connectivity index (χ4v) is 3.31. The zero-order valence-corrected chi connectivity index (χ0v) is 18.9. The van der Waals surface area contributed by atoms with Gasteiger partial charge in [0.15, 0.2) is 0 Å². The summed E-state index contributed by atoms with van der Waals surface area (Å²) in [4.78, 5) is 23.0. The molecule has 3 aromatic carbocycles. The van der Waals surface area contributed by atoms with Crippen molar-refractivity contribution >= 4 is 46.6 Å². The van der Waals surface area contributed by atoms with Crippen LogP contribution >= 0.6 is 23.2 Å². The third kappa shape index (κ3) is 6.10. The van der Waals surface area contributed by atoms with E-state index in [1.54, 1.807) is 55.5 Å². The summed E-state index contributed by atoms with van der Waals surface area (Å²) in [5.41, 5.74) is 2.20. The fraction of sp³-hybridized carbons (Fsp3) is 0.0833. The smallest absolute Gasteiger partial charge is 0.269 e. The lowest BCUT2D eigenvalue weighted by Crippen LogP contribution is -2.14. The van der Waals surface area contributed by atoms with E-state index in [4.69, 9.17) is 27.9 Å². The third-order valence-electron chi connectivity index (χ3n) is 4.66. The second-order valence-corrected chi connectivity index (χ2v) is 7.76. The lowest BCUT2D eigenvalue weighted by molar-refractivity contribution is -0.384. The topological polar surface area (TPSA) is 105 Å². The molecule has 1 N–H and O–H groups in total. The first-order valence-electron chi connectivity index (χ1n) is 9.62. The second kappa shape index (κ2) is 10.6. The number of halogens is 2. The average Bonchev–Trinajstić information content (AvgIpc) is 2.80. The molecule has 7 nitrogen and oxygen atoms in total. The summed E-state index contributed by atoms with van der Waals surface area (Å²) in [7, 11) is 0. The van der Waals surface area contributed by atoms with Crippen LogP contribution in [0.2, 0.25) is 10.0 Å². The number of nitrogens with zero attached hydrogens (tertiary/aromatic N) is 2. The number of hydrogen-bond acceptors (Lipinski definition) is 5. The molecule has 0 spiro atoms. The Morgan fingerprint density at radius 1 is 1.15 bits per heavy atom. The van der Waals surface area contributed by atoms with Crippen molar-refractivity contribution in [2.45, 2.75) is 13.5 Å². The van der Waals surface area contributed by atoms with E-state index in [0.717, 1.165) is 0 Å². The number of anilines is 1. The standard InChI is InChI=1S/C24H17Cl2N3O4/c1-15-20(25)6-3-7-22(15)28-24(30)18(13-27)10-16-8-9-23(21(26)12-16)33-14-17-4-2-5-19(11-17)29(31)32/h2-12H,14H2,1H3,(H,28,30)/b18-10+. The van der Waals surface area contributed by atoms with Crippen LogP contribution in [0.1, 0.15) is 16.7 Å². The Kier molecular flexibility index (Phi) is 7.67. The number of nitro benzene ring substituents is 1. The van der Waals surface area contributed by atoms with E-state index in [9.17, 15) is 20.2 Å². The molecular formula is C24H17Cl2N3O4. The van der Waals surface area contributed by atoms with E-state index >= 15 is 0 Å². The maximum absolute atomic E-state index is 12.5. The van der Waals surface area contributed by atoms with Gasteiger partial charge in [-0.05, 0) is 54.0 Å². The zero-order valence-electron chi connectivity index (χ0n) is 17.3. The molecule has 0 atom stereocenters. The Hall–Kier alpha value is -3.86. The Morgan fingerprint density at radius 3 is 2.61 bits per heavy atom. The highest BCUT2D eigenvalue weighted by Crippen LogP contribution is 2.28. The summed E-state index contributed by atoms with van der Waals surface area (Å²) in [5, 5.41) is 23.8. The molecule has 0 unspecified atom stereocenters. The molecule has 0 radical (unpaired) electrons. The molecule has 3 aromatic rings. The minimum absolute atomic E-state index is 0.0297. The largest absolute Gasteiger partial charge is 0.487 e. The van der Waals surface area contributed by atoms with E-state index in [1.165, 1.54) is 18.2 Å². The number of nitrogens with one attached hydrogen (secondary N) is 1. The molecule has 0 bridgehead atoms. The third-order valence-corrected chi connectivity index (χ3v) is 5.37. The van der Waals surface area contributed by atoms with Crippen LogP contribution in [0.4, 0.5) is 11.4 Å². The quantitative estimate of drug-likeness (QED) is 0.183. The van der Waals surface area contributed by atoms with Gasteiger partial charge in [0, 0.05) is 22.8 Å². The molecule has 33 heavy (non-hydrogen) atoms. The molecule has 0 saturated heterocycles. The average molecular weight is 482 g/mol. The van der Waals surface area contributed by atoms with E-state index in [2.05, 4.69) is 5.32 Å². The Morgan fingerprint density at radius 2 is 1.91 bits per heavy atom. The number of carbonyl (C=O) groups is 1. The van der Waals surface area contributed by atoms with Gasteiger partial charge in [-0.2, -0.15) is 5.26 Å². The van der Waals surface area contributed by atoms with Gasteiger partial charge < -0.3 is 10.1 Å². The number of amides is 1. The van der Waals surface area contributed by atoms with Crippen molar-refractivity contribution in [3.05, 3.63) is 103 Å². The summed E-state index contributed by atoms with van der Waals surface area (Å²) < 4.78 is 5.66. The van der Waals surface area contributed by atoms with Crippen molar-refractivity contribution in [3.8, 4) is 11.8 Å². The van der Waals surface area contributed by atoms with Crippen molar-refractivity contribution < 1.29 is 14.5 Å². The molecule has 0 saturated carbocycles. The first kappa shape index (κ1) is 23.8. The SMILES string of the molecule is Cc1c(Cl)cccc1NC(=O)/C(C#N)=C/c1ccc(OCc2cccc([N+](=O)[O-])c2)c(Cl)c1. The molecule has 0 aliphatic rings. The molecule has 0 aliphatic heterocycles. The van der Waals surface area contributed by atoms with E-state index in [1.807, 2.05) is 6.07 Å². The van der Waals surface area contributed by atoms with Crippen molar-refractivity contribution in [2.24, 2.45) is 0 Å². The highest BCUT2D eigenvalue weighted by atomic mass is 35.5. The number of hydrogen-bond donors (Lipinski definition) is 1. The van der Waals surface area contributed by atoms with E-state index in [0.29, 0.717) is 33.1 Å². The van der Waals surface area contributed by atoms with Crippen molar-refractivity contribution in [1.82, 2.24) is 0 Å². The number of rotatable bonds is 7. The van der Waals surface area contributed by atoms with Gasteiger partial charge in [-0.3, -0.25) is 14.9 Å². The van der Waals surface area contributed by atoms with Gasteiger partial charge >= 0.3 is 0 Å². The van der Waals surface area contributed by atoms with E-state index < -0.39 is 10.8 Å². The molecule has 0 aliphatic carbocycles. The van der Waals surface area contributed by atoms with Gasteiger partial charge in [0.25, 0.3) is 11.6 Å². The van der Waals surface area contributed by atoms with Crippen LogP contribution in [0.25, 0.3) is 6.08 Å². The molecule has 0 aromatic heterocycles. The molecule has 3 rings (SSSR count). The van der Waals surface area contributed by atoms with Gasteiger partial charge in [-0.15, -0.1) is 0 Å². The van der Waals surface area contributed by atoms with Crippen LogP contribution in [0.15, 0.2) is 66.2 Å². The van der Waals surface area contributed by atoms with Crippen LogP contribution in [-0.2, 0) is 11.4 Å². The molecule has 9 heteroatoms. The molecule has 166 valence electrons. The van der Waals surface area contributed by atoms with Gasteiger partial charge in [0.05, 0.1) is 9.95 Å². The van der Waals surface area contributed by atoms with Crippen LogP contribution in [-0.4, -0.2) is 10.8 Å². The predicted molar refractivity (Wildman–Crippen MR) is 127 cm³/mol. The first-order chi connectivity index (χ1) is 15.8. The highest BCUT2D eigenvalue weighted by Gasteiger charge is 2.13. The van der Waals surface area contributed by atoms with Crippen LogP contribution < -0.4 is 10.1 Å². The number of non-ortho nitro benzene ring substituents is 1. The fourth-order valence-electron chi connectivity index (χ4n) is 2.89. The lowest BCUT2D eigenvalue weighted by Gasteiger charge is -2.10. The minimum Gasteiger partial charge on any atom is -0.487 e. The molecular weight excluding hydrogens is 465 g/mol. The highest BCUT2D eigenvalue weighted by molar-refractivity contribution is 6.32. The Labute approximate surface area is 200 Å². The van der Waals surface area contributed by atoms with E-state index in [-0.39, 0.29) is 22.9 Å². The van der Waals surface area contributed by atoms with Gasteiger partial charge in [0.1, 0.15) is 24.0 Å². The minimum atomic E-state index is -0.579. The molecule has 0 heterocycles. The first-order valence-corrected chi connectivity index (χ1v) is 10.4. The predicted octanol–water partition coefficient (Wildman–Crippen LogP) is 6.33. The van der Waals surface area contributed by atoms with Crippen molar-refractivity contribution in [3.63, 3.8) is 0 Å². The normalized spacial score (nSPS) is 10.9. The summed E-state index contributed by atoms with van der Waals surface area (Å²) in [6.45, 7) is 1.85. The molecule has 1 amide bonds. The molecule has 0 fully saturated rings. The number of benzene rings is 3. The monoisotopic (exact) mass is 481 g/mol. The van der Waals surface area contributed by atoms with Crippen molar-refractivity contribution in [1.29, 1.82) is 5.26 Å². The maximum Gasteiger partial charge on any atom is 0.269 e. The summed E-state index contributed by atoms with van der Waals surface area (Å²) in [6.07, 6.45) is 1.41. The van der Waals surface area contributed by atoms with Crippen LogP contribution in [0, 0.1) is 28.4 Å². The van der Waals surface area contributed by atoms with Crippen LogP contribution in [0.5, 0.6) is 5.75 Å². The number of nitriles is 1. The number of ether oxygens (including phenoxy) is 1. The summed E-state index contributed by atoms with van der Waals surface area (Å²) >= 11 is 12.4. The van der Waals surface area contributed by atoms with Gasteiger partial charge in [0.2, 0.25) is 0 Å². The zero-order chi connectivity index (χ0) is 24.0. The van der Waals surface area contributed by atoms with Gasteiger partial charge in [-0.25, -0.2) is 0 Å². The van der Waals surface area contributed by atoms with Gasteiger partial charge in [-0.1, -0.05) is 47.5 Å². The summed E-state index contributed by atoms with van der Waals surface area (Å²) in [6, 6.07) is 17.9. The van der Waals surface area contributed by atoms with Crippen LogP contribution in [0.3, 0.4) is 0 Å². The summed E-state index contributed by atoms with van der Waals surface area (Å²) in [5.74, 6) is -0.220.